The van der Waals surface area contributed by atoms with E-state index >= 15 is 0 Å². The number of nitrogens with one attached hydrogen (secondary N) is 1. The van der Waals surface area contributed by atoms with Crippen LogP contribution < -0.4 is 5.32 Å². The second-order valence-corrected chi connectivity index (χ2v) is 9.66. The van der Waals surface area contributed by atoms with Crippen LogP contribution in [0.15, 0.2) is 53.4 Å². The Morgan fingerprint density at radius 2 is 1.72 bits per heavy atom. The summed E-state index contributed by atoms with van der Waals surface area (Å²) in [4.78, 5) is 24.5. The first kappa shape index (κ1) is 24.2. The third-order valence-electron chi connectivity index (χ3n) is 4.94. The van der Waals surface area contributed by atoms with Crippen LogP contribution in [-0.2, 0) is 35.5 Å². The van der Waals surface area contributed by atoms with Crippen molar-refractivity contribution < 1.29 is 27.5 Å². The molecular formula is C22H25ClN2O6S. The highest BCUT2D eigenvalue weighted by Crippen LogP contribution is 2.18. The van der Waals surface area contributed by atoms with Crippen LogP contribution in [0.2, 0.25) is 5.02 Å². The smallest absolute Gasteiger partial charge is 0.306 e. The van der Waals surface area contributed by atoms with Crippen LogP contribution in [0.5, 0.6) is 0 Å². The number of sulfonamides is 1. The molecule has 1 fully saturated rings. The lowest BCUT2D eigenvalue weighted by Gasteiger charge is -2.26. The number of esters is 1. The Hall–Kier alpha value is -2.46. The minimum Gasteiger partial charge on any atom is -0.453 e. The molecule has 8 nitrogen and oxygen atoms in total. The molecule has 0 saturated carbocycles. The fourth-order valence-electron chi connectivity index (χ4n) is 3.10. The molecule has 1 aliphatic heterocycles. The third kappa shape index (κ3) is 6.52. The van der Waals surface area contributed by atoms with Crippen molar-refractivity contribution in [1.82, 2.24) is 4.31 Å². The number of rotatable bonds is 8. The fraction of sp³-hybridized carbons (Fsp3) is 0.364. The monoisotopic (exact) mass is 480 g/mol. The third-order valence-corrected chi connectivity index (χ3v) is 7.10. The van der Waals surface area contributed by atoms with Gasteiger partial charge in [0.25, 0.3) is 5.91 Å². The van der Waals surface area contributed by atoms with Gasteiger partial charge in [-0.3, -0.25) is 9.59 Å². The van der Waals surface area contributed by atoms with Crippen LogP contribution in [0.1, 0.15) is 18.9 Å². The summed E-state index contributed by atoms with van der Waals surface area (Å²) < 4.78 is 37.1. The number of ether oxygens (including phenoxy) is 2. The van der Waals surface area contributed by atoms with Crippen LogP contribution in [0, 0.1) is 0 Å². The molecule has 1 atom stereocenters. The Labute approximate surface area is 192 Å². The van der Waals surface area contributed by atoms with Crippen LogP contribution in [-0.4, -0.2) is 57.0 Å². The molecule has 10 heteroatoms. The summed E-state index contributed by atoms with van der Waals surface area (Å²) in [5.41, 5.74) is 1.34. The molecule has 0 spiro atoms. The number of hydrogen-bond acceptors (Lipinski definition) is 6. The standard InChI is InChI=1S/C22H25ClN2O6S/c1-16(22(27)24-19-7-5-18(23)6-8-19)31-21(26)11-4-17-2-9-20(10-3-17)32(28,29)25-12-14-30-15-13-25/h2-3,5-10,16H,4,11-15H2,1H3,(H,24,27). The highest BCUT2D eigenvalue weighted by molar-refractivity contribution is 7.89. The van der Waals surface area contributed by atoms with Crippen LogP contribution in [0.4, 0.5) is 5.69 Å². The number of amides is 1. The molecule has 3 rings (SSSR count). The van der Waals surface area contributed by atoms with Gasteiger partial charge >= 0.3 is 5.97 Å². The number of carbonyl (C=O) groups is 2. The largest absolute Gasteiger partial charge is 0.453 e. The minimum absolute atomic E-state index is 0.0636. The number of hydrogen-bond donors (Lipinski definition) is 1. The van der Waals surface area contributed by atoms with Gasteiger partial charge in [-0.15, -0.1) is 0 Å². The fourth-order valence-corrected chi connectivity index (χ4v) is 4.63. The molecule has 1 unspecified atom stereocenters. The van der Waals surface area contributed by atoms with E-state index in [1.54, 1.807) is 36.4 Å². The maximum atomic E-state index is 12.6. The van der Waals surface area contributed by atoms with Gasteiger partial charge in [0.1, 0.15) is 0 Å². The molecular weight excluding hydrogens is 456 g/mol. The number of anilines is 1. The van der Waals surface area contributed by atoms with Crippen molar-refractivity contribution in [2.75, 3.05) is 31.6 Å². The Morgan fingerprint density at radius 1 is 1.09 bits per heavy atom. The molecule has 2 aromatic carbocycles. The Morgan fingerprint density at radius 3 is 2.34 bits per heavy atom. The first-order valence-corrected chi connectivity index (χ1v) is 12.0. The number of carbonyl (C=O) groups excluding carboxylic acids is 2. The zero-order valence-electron chi connectivity index (χ0n) is 17.6. The van der Waals surface area contributed by atoms with E-state index in [9.17, 15) is 18.0 Å². The van der Waals surface area contributed by atoms with E-state index in [2.05, 4.69) is 5.32 Å². The lowest BCUT2D eigenvalue weighted by molar-refractivity contribution is -0.153. The van der Waals surface area contributed by atoms with Gasteiger partial charge in [0, 0.05) is 30.2 Å². The summed E-state index contributed by atoms with van der Waals surface area (Å²) in [5.74, 6) is -0.966. The van der Waals surface area contributed by atoms with Gasteiger partial charge < -0.3 is 14.8 Å². The Balaban J connectivity index is 1.47. The predicted molar refractivity (Wildman–Crippen MR) is 120 cm³/mol. The summed E-state index contributed by atoms with van der Waals surface area (Å²) in [5, 5.41) is 3.20. The molecule has 1 aliphatic rings. The molecule has 1 heterocycles. The molecule has 0 radical (unpaired) electrons. The summed E-state index contributed by atoms with van der Waals surface area (Å²) >= 11 is 5.81. The summed E-state index contributed by atoms with van der Waals surface area (Å²) in [6.45, 7) is 2.93. The van der Waals surface area contributed by atoms with E-state index in [-0.39, 0.29) is 11.3 Å². The number of morpholine rings is 1. The number of aryl methyl sites for hydroxylation is 1. The van der Waals surface area contributed by atoms with E-state index < -0.39 is 28.0 Å². The molecule has 172 valence electrons. The van der Waals surface area contributed by atoms with E-state index in [0.29, 0.717) is 43.4 Å². The van der Waals surface area contributed by atoms with Crippen LogP contribution >= 0.6 is 11.6 Å². The van der Waals surface area contributed by atoms with Crippen molar-refractivity contribution in [2.45, 2.75) is 30.8 Å². The van der Waals surface area contributed by atoms with Crippen molar-refractivity contribution in [1.29, 1.82) is 0 Å². The molecule has 32 heavy (non-hydrogen) atoms. The van der Waals surface area contributed by atoms with Gasteiger partial charge in [0.2, 0.25) is 10.0 Å². The predicted octanol–water partition coefficient (Wildman–Crippen LogP) is 2.86. The molecule has 2 aromatic rings. The maximum Gasteiger partial charge on any atom is 0.306 e. The highest BCUT2D eigenvalue weighted by Gasteiger charge is 2.26. The van der Waals surface area contributed by atoms with Crippen molar-refractivity contribution >= 4 is 39.2 Å². The summed E-state index contributed by atoms with van der Waals surface area (Å²) in [6.07, 6.45) is -0.532. The summed E-state index contributed by atoms with van der Waals surface area (Å²) in [6, 6.07) is 13.0. The van der Waals surface area contributed by atoms with Gasteiger partial charge in [0.15, 0.2) is 6.10 Å². The number of halogens is 1. The van der Waals surface area contributed by atoms with E-state index in [0.717, 1.165) is 5.56 Å². The number of nitrogens with zero attached hydrogens (tertiary/aromatic N) is 1. The lowest BCUT2D eigenvalue weighted by Crippen LogP contribution is -2.40. The normalized spacial score (nSPS) is 15.7. The molecule has 1 amide bonds. The van der Waals surface area contributed by atoms with Gasteiger partial charge in [-0.1, -0.05) is 23.7 Å². The van der Waals surface area contributed by atoms with Gasteiger partial charge in [-0.25, -0.2) is 8.42 Å². The van der Waals surface area contributed by atoms with Crippen molar-refractivity contribution in [3.63, 3.8) is 0 Å². The van der Waals surface area contributed by atoms with Crippen LogP contribution in [0.3, 0.4) is 0 Å². The average Bonchev–Trinajstić information content (AvgIpc) is 2.80. The molecule has 0 aromatic heterocycles. The van der Waals surface area contributed by atoms with E-state index in [1.165, 1.54) is 23.4 Å². The quantitative estimate of drug-likeness (QED) is 0.583. The van der Waals surface area contributed by atoms with Crippen molar-refractivity contribution in [3.05, 3.63) is 59.1 Å². The minimum atomic E-state index is -3.55. The van der Waals surface area contributed by atoms with E-state index in [1.807, 2.05) is 0 Å². The average molecular weight is 481 g/mol. The van der Waals surface area contributed by atoms with Gasteiger partial charge in [0.05, 0.1) is 18.1 Å². The zero-order chi connectivity index (χ0) is 23.1. The van der Waals surface area contributed by atoms with Crippen LogP contribution in [0.25, 0.3) is 0 Å². The lowest BCUT2D eigenvalue weighted by atomic mass is 10.1. The summed E-state index contributed by atoms with van der Waals surface area (Å²) in [7, 11) is -3.55. The van der Waals surface area contributed by atoms with Gasteiger partial charge in [-0.05, 0) is 55.3 Å². The Kier molecular flexibility index (Phi) is 8.25. The van der Waals surface area contributed by atoms with Crippen molar-refractivity contribution in [3.8, 4) is 0 Å². The molecule has 1 saturated heterocycles. The second-order valence-electron chi connectivity index (χ2n) is 7.29. The zero-order valence-corrected chi connectivity index (χ0v) is 19.2. The second kappa shape index (κ2) is 10.9. The molecule has 0 bridgehead atoms. The molecule has 0 aliphatic carbocycles. The van der Waals surface area contributed by atoms with Crippen molar-refractivity contribution in [2.24, 2.45) is 0 Å². The topological polar surface area (TPSA) is 102 Å². The Bertz CT molecular complexity index is 1040. The number of benzene rings is 2. The maximum absolute atomic E-state index is 12.6. The first-order chi connectivity index (χ1) is 15.3. The molecule has 1 N–H and O–H groups in total. The highest BCUT2D eigenvalue weighted by atomic mass is 35.5. The van der Waals surface area contributed by atoms with E-state index in [4.69, 9.17) is 21.1 Å². The SMILES string of the molecule is CC(OC(=O)CCc1ccc(S(=O)(=O)N2CCOCC2)cc1)C(=O)Nc1ccc(Cl)cc1. The first-order valence-electron chi connectivity index (χ1n) is 10.2. The van der Waals surface area contributed by atoms with Gasteiger partial charge in [-0.2, -0.15) is 4.31 Å².